The van der Waals surface area contributed by atoms with Crippen LogP contribution in [0.1, 0.15) is 29.0 Å². The zero-order chi connectivity index (χ0) is 25.1. The number of aliphatic imine (C=N–C) groups is 1. The maximum atomic E-state index is 15.3. The molecule has 1 aliphatic carbocycles. The SMILES string of the molecule is C=CC(c1ccc2[nH]c(=O)[nH]c2c1)c1cc(C2=CC=CC2CCOc2ccccc2)cc(F)c1N=C. The molecule has 2 atom stereocenters. The summed E-state index contributed by atoms with van der Waals surface area (Å²) >= 11 is 0. The highest BCUT2D eigenvalue weighted by Crippen LogP contribution is 2.40. The number of benzene rings is 3. The minimum Gasteiger partial charge on any atom is -0.494 e. The fraction of sp³-hybridized carbons (Fsp3) is 0.133. The molecule has 0 fully saturated rings. The summed E-state index contributed by atoms with van der Waals surface area (Å²) in [7, 11) is 0. The van der Waals surface area contributed by atoms with Crippen molar-refractivity contribution in [3.63, 3.8) is 0 Å². The summed E-state index contributed by atoms with van der Waals surface area (Å²) in [6.07, 6.45) is 8.65. The molecule has 2 N–H and O–H groups in total. The summed E-state index contributed by atoms with van der Waals surface area (Å²) in [5.74, 6) is 0.145. The van der Waals surface area contributed by atoms with Crippen molar-refractivity contribution < 1.29 is 9.13 Å². The Bertz CT molecular complexity index is 1550. The number of aromatic amines is 2. The van der Waals surface area contributed by atoms with Crippen LogP contribution in [-0.4, -0.2) is 23.3 Å². The van der Waals surface area contributed by atoms with E-state index in [9.17, 15) is 4.79 Å². The molecule has 0 aliphatic heterocycles. The zero-order valence-electron chi connectivity index (χ0n) is 19.7. The summed E-state index contributed by atoms with van der Waals surface area (Å²) in [5.41, 5.74) is 4.64. The number of rotatable bonds is 9. The van der Waals surface area contributed by atoms with Crippen molar-refractivity contribution in [1.82, 2.24) is 9.97 Å². The van der Waals surface area contributed by atoms with Crippen molar-refractivity contribution in [2.45, 2.75) is 12.3 Å². The molecule has 0 saturated heterocycles. The van der Waals surface area contributed by atoms with Gasteiger partial charge in [-0.25, -0.2) is 9.18 Å². The second kappa shape index (κ2) is 10.0. The van der Waals surface area contributed by atoms with Crippen LogP contribution >= 0.6 is 0 Å². The van der Waals surface area contributed by atoms with Gasteiger partial charge in [0, 0.05) is 11.8 Å². The summed E-state index contributed by atoms with van der Waals surface area (Å²) in [6, 6.07) is 18.8. The van der Waals surface area contributed by atoms with E-state index in [0.717, 1.165) is 28.9 Å². The first kappa shape index (κ1) is 23.3. The Hall–Kier alpha value is -4.45. The van der Waals surface area contributed by atoms with Crippen molar-refractivity contribution >= 4 is 29.0 Å². The van der Waals surface area contributed by atoms with E-state index in [0.29, 0.717) is 23.2 Å². The normalized spacial score (nSPS) is 15.6. The molecule has 4 aromatic rings. The number of ether oxygens (including phenoxy) is 1. The Balaban J connectivity index is 1.45. The molecule has 5 rings (SSSR count). The van der Waals surface area contributed by atoms with Crippen LogP contribution in [0.2, 0.25) is 0 Å². The Morgan fingerprint density at radius 1 is 1.08 bits per heavy atom. The van der Waals surface area contributed by atoms with Crippen LogP contribution in [0.25, 0.3) is 16.6 Å². The molecule has 180 valence electrons. The number of hydrogen-bond donors (Lipinski definition) is 2. The quantitative estimate of drug-likeness (QED) is 0.208. The van der Waals surface area contributed by atoms with Crippen molar-refractivity contribution in [2.75, 3.05) is 6.61 Å². The number of imidazole rings is 1. The number of hydrogen-bond acceptors (Lipinski definition) is 3. The van der Waals surface area contributed by atoms with Gasteiger partial charge in [-0.15, -0.1) is 6.58 Å². The Labute approximate surface area is 208 Å². The average Bonchev–Trinajstić information content (AvgIpc) is 3.50. The van der Waals surface area contributed by atoms with E-state index in [1.807, 2.05) is 66.7 Å². The number of para-hydroxylation sites is 1. The lowest BCUT2D eigenvalue weighted by Crippen LogP contribution is -2.07. The Morgan fingerprint density at radius 2 is 1.89 bits per heavy atom. The summed E-state index contributed by atoms with van der Waals surface area (Å²) in [4.78, 5) is 21.2. The van der Waals surface area contributed by atoms with E-state index >= 15 is 4.39 Å². The van der Waals surface area contributed by atoms with Crippen LogP contribution in [0.15, 0.2) is 101 Å². The lowest BCUT2D eigenvalue weighted by atomic mass is 9.85. The number of allylic oxidation sites excluding steroid dienone is 5. The van der Waals surface area contributed by atoms with Crippen LogP contribution < -0.4 is 10.4 Å². The predicted octanol–water partition coefficient (Wildman–Crippen LogP) is 6.68. The van der Waals surface area contributed by atoms with Crippen molar-refractivity contribution in [3.05, 3.63) is 125 Å². The van der Waals surface area contributed by atoms with Crippen LogP contribution in [-0.2, 0) is 0 Å². The molecule has 0 bridgehead atoms. The van der Waals surface area contributed by atoms with Gasteiger partial charge in [0.1, 0.15) is 17.3 Å². The number of fused-ring (bicyclic) bond motifs is 1. The Kier molecular flexibility index (Phi) is 6.50. The average molecular weight is 480 g/mol. The molecule has 0 radical (unpaired) electrons. The highest BCUT2D eigenvalue weighted by Gasteiger charge is 2.23. The van der Waals surface area contributed by atoms with E-state index in [-0.39, 0.29) is 23.2 Å². The summed E-state index contributed by atoms with van der Waals surface area (Å²) in [6.45, 7) is 8.16. The van der Waals surface area contributed by atoms with Crippen molar-refractivity contribution in [1.29, 1.82) is 0 Å². The third kappa shape index (κ3) is 4.58. The predicted molar refractivity (Wildman–Crippen MR) is 144 cm³/mol. The molecule has 1 aromatic heterocycles. The lowest BCUT2D eigenvalue weighted by Gasteiger charge is -2.20. The molecule has 3 aromatic carbocycles. The number of aromatic nitrogens is 2. The second-order valence-electron chi connectivity index (χ2n) is 8.72. The third-order valence-electron chi connectivity index (χ3n) is 6.51. The van der Waals surface area contributed by atoms with Gasteiger partial charge in [0.2, 0.25) is 0 Å². The minimum atomic E-state index is -0.437. The number of nitrogens with zero attached hydrogens (tertiary/aromatic N) is 1. The zero-order valence-corrected chi connectivity index (χ0v) is 19.7. The minimum absolute atomic E-state index is 0.104. The molecule has 1 aliphatic rings. The fourth-order valence-electron chi connectivity index (χ4n) is 4.78. The van der Waals surface area contributed by atoms with E-state index in [4.69, 9.17) is 4.74 Å². The molecule has 6 heteroatoms. The van der Waals surface area contributed by atoms with Gasteiger partial charge in [-0.05, 0) is 71.8 Å². The molecule has 0 amide bonds. The molecule has 0 spiro atoms. The highest BCUT2D eigenvalue weighted by atomic mass is 19.1. The molecule has 5 nitrogen and oxygen atoms in total. The number of halogens is 1. The van der Waals surface area contributed by atoms with Gasteiger partial charge in [-0.1, -0.05) is 48.6 Å². The fourth-order valence-corrected chi connectivity index (χ4v) is 4.78. The third-order valence-corrected chi connectivity index (χ3v) is 6.51. The Morgan fingerprint density at radius 3 is 2.67 bits per heavy atom. The van der Waals surface area contributed by atoms with Crippen LogP contribution in [0.4, 0.5) is 10.1 Å². The maximum absolute atomic E-state index is 15.3. The molecular weight excluding hydrogens is 453 g/mol. The van der Waals surface area contributed by atoms with Gasteiger partial charge in [0.15, 0.2) is 0 Å². The standard InChI is InChI=1S/C30H26FN3O2/c1-3-23(20-12-13-27-28(18-20)34-30(35)33-27)25-16-21(17-26(31)29(25)32-2)24-11-7-8-19(24)14-15-36-22-9-5-4-6-10-22/h3-13,16-19,23H,1-2,14-15H2,(H2,33,34,35). The van der Waals surface area contributed by atoms with E-state index in [1.54, 1.807) is 6.08 Å². The molecule has 36 heavy (non-hydrogen) atoms. The first-order valence-electron chi connectivity index (χ1n) is 11.8. The largest absolute Gasteiger partial charge is 0.494 e. The smallest absolute Gasteiger partial charge is 0.323 e. The lowest BCUT2D eigenvalue weighted by molar-refractivity contribution is 0.303. The highest BCUT2D eigenvalue weighted by molar-refractivity contribution is 5.78. The van der Waals surface area contributed by atoms with Gasteiger partial charge in [-0.2, -0.15) is 0 Å². The van der Waals surface area contributed by atoms with Crippen LogP contribution in [0.3, 0.4) is 0 Å². The van der Waals surface area contributed by atoms with Crippen LogP contribution in [0, 0.1) is 11.7 Å². The van der Waals surface area contributed by atoms with Gasteiger partial charge in [0.25, 0.3) is 0 Å². The monoisotopic (exact) mass is 479 g/mol. The first-order chi connectivity index (χ1) is 17.6. The van der Waals surface area contributed by atoms with E-state index in [2.05, 4.69) is 34.3 Å². The number of nitrogens with one attached hydrogen (secondary N) is 2. The summed E-state index contributed by atoms with van der Waals surface area (Å²) < 4.78 is 21.2. The number of H-pyrrole nitrogens is 2. The van der Waals surface area contributed by atoms with E-state index in [1.165, 1.54) is 6.07 Å². The second-order valence-corrected chi connectivity index (χ2v) is 8.72. The van der Waals surface area contributed by atoms with E-state index < -0.39 is 5.82 Å². The maximum Gasteiger partial charge on any atom is 0.323 e. The molecule has 0 saturated carbocycles. The summed E-state index contributed by atoms with van der Waals surface area (Å²) in [5, 5.41) is 0. The molecule has 1 heterocycles. The first-order valence-corrected chi connectivity index (χ1v) is 11.8. The van der Waals surface area contributed by atoms with Gasteiger partial charge in [-0.3, -0.25) is 4.99 Å². The van der Waals surface area contributed by atoms with Crippen molar-refractivity contribution in [2.24, 2.45) is 10.9 Å². The van der Waals surface area contributed by atoms with Gasteiger partial charge >= 0.3 is 5.69 Å². The molecule has 2 unspecified atom stereocenters. The van der Waals surface area contributed by atoms with Crippen LogP contribution in [0.5, 0.6) is 5.75 Å². The van der Waals surface area contributed by atoms with Gasteiger partial charge in [0.05, 0.1) is 17.6 Å². The van der Waals surface area contributed by atoms with Crippen molar-refractivity contribution in [3.8, 4) is 5.75 Å². The van der Waals surface area contributed by atoms with Gasteiger partial charge < -0.3 is 14.7 Å². The topological polar surface area (TPSA) is 70.2 Å². The molecular formula is C30H26FN3O2.